The summed E-state index contributed by atoms with van der Waals surface area (Å²) in [5.74, 6) is -0.235. The van der Waals surface area contributed by atoms with Crippen molar-refractivity contribution in [1.29, 1.82) is 0 Å². The second-order valence-corrected chi connectivity index (χ2v) is 17.0. The predicted octanol–water partition coefficient (Wildman–Crippen LogP) is 8.38. The Morgan fingerprint density at radius 1 is 0.696 bits per heavy atom. The molecule has 1 aliphatic heterocycles. The molecular weight excluding hydrogens is 739 g/mol. The predicted molar refractivity (Wildman–Crippen MR) is 222 cm³/mol. The van der Waals surface area contributed by atoms with Gasteiger partial charge in [-0.25, -0.2) is 4.18 Å². The molecule has 6 N–H and O–H groups in total. The Balaban J connectivity index is 2.50. The number of ether oxygens (including phenoxy) is 2. The zero-order valence-corrected chi connectivity index (χ0v) is 36.0. The van der Waals surface area contributed by atoms with Crippen LogP contribution >= 0.6 is 0 Å². The third-order valence-electron chi connectivity index (χ3n) is 10.8. The lowest BCUT2D eigenvalue weighted by Gasteiger charge is -2.41. The topological polar surface area (TPSA) is 192 Å². The molecule has 0 bridgehead atoms. The number of allylic oxidation sites excluding steroid dienone is 2. The van der Waals surface area contributed by atoms with E-state index in [-0.39, 0.29) is 18.9 Å². The lowest BCUT2D eigenvalue weighted by atomic mass is 9.99. The van der Waals surface area contributed by atoms with Crippen LogP contribution < -0.4 is 5.32 Å². The molecule has 13 heteroatoms. The zero-order valence-electron chi connectivity index (χ0n) is 35.2. The molecule has 0 aromatic carbocycles. The van der Waals surface area contributed by atoms with Gasteiger partial charge < -0.3 is 35.2 Å². The number of carbonyl (C=O) groups is 1. The Labute approximate surface area is 340 Å². The van der Waals surface area contributed by atoms with Crippen molar-refractivity contribution in [1.82, 2.24) is 5.32 Å². The fourth-order valence-electron chi connectivity index (χ4n) is 7.28. The molecule has 7 unspecified atom stereocenters. The summed E-state index contributed by atoms with van der Waals surface area (Å²) < 4.78 is 47.6. The number of aliphatic hydroxyl groups excluding tert-OH is 4. The lowest BCUT2D eigenvalue weighted by Crippen LogP contribution is -2.61. The average molecular weight is 822 g/mol. The monoisotopic (exact) mass is 822 g/mol. The van der Waals surface area contributed by atoms with Crippen molar-refractivity contribution in [2.24, 2.45) is 0 Å². The van der Waals surface area contributed by atoms with E-state index in [4.69, 9.17) is 14.0 Å². The van der Waals surface area contributed by atoms with E-state index in [0.717, 1.165) is 51.4 Å². The third kappa shape index (κ3) is 27.5. The van der Waals surface area contributed by atoms with Gasteiger partial charge in [-0.2, -0.15) is 8.42 Å². The maximum Gasteiger partial charge on any atom is 0.397 e. The Kier molecular flexibility index (Phi) is 32.7. The Hall–Kier alpha value is -1.16. The molecule has 1 heterocycles. The summed E-state index contributed by atoms with van der Waals surface area (Å²) in [6.07, 6.45) is 27.8. The molecule has 0 aliphatic carbocycles. The van der Waals surface area contributed by atoms with Crippen molar-refractivity contribution in [2.45, 2.75) is 243 Å². The van der Waals surface area contributed by atoms with Gasteiger partial charge in [0.25, 0.3) is 0 Å². The van der Waals surface area contributed by atoms with Gasteiger partial charge in [-0.1, -0.05) is 167 Å². The standard InChI is InChI=1S/C43H83NO11S/c1-3-5-7-9-11-13-15-17-18-19-20-21-23-25-27-29-31-33-39(47)44-36(37(46)32-30-28-26-24-22-16-14-12-10-8-6-4-2)35-53-43-41(49)42(55-56(50,51)52)40(48)38(34-45)54-43/h17-18,36-38,40-43,45-46,48-49H,3-16,19-35H2,1-2H3,(H,44,47)(H,50,51,52)/b18-17-. The fraction of sp³-hybridized carbons (Fsp3) is 0.930. The van der Waals surface area contributed by atoms with Gasteiger partial charge >= 0.3 is 10.4 Å². The molecule has 12 nitrogen and oxygen atoms in total. The van der Waals surface area contributed by atoms with E-state index in [0.29, 0.717) is 12.8 Å². The van der Waals surface area contributed by atoms with Gasteiger partial charge in [0.1, 0.15) is 24.4 Å². The van der Waals surface area contributed by atoms with Crippen LogP contribution in [0.5, 0.6) is 0 Å². The SMILES string of the molecule is CCCCCCCC/C=C\CCCCCCCCCC(=O)NC(COC1OC(CO)C(O)C(OS(=O)(=O)O)C1O)C(O)CCCCCCCCCCCCCC. The molecule has 7 atom stereocenters. The van der Waals surface area contributed by atoms with Crippen LogP contribution in [0.25, 0.3) is 0 Å². The van der Waals surface area contributed by atoms with Crippen LogP contribution in [0.1, 0.15) is 200 Å². The first-order valence-corrected chi connectivity index (χ1v) is 23.9. The summed E-state index contributed by atoms with van der Waals surface area (Å²) in [6, 6.07) is -0.855. The van der Waals surface area contributed by atoms with E-state index in [1.165, 1.54) is 116 Å². The minimum Gasteiger partial charge on any atom is -0.394 e. The van der Waals surface area contributed by atoms with Crippen LogP contribution in [0.4, 0.5) is 0 Å². The highest BCUT2D eigenvalue weighted by Gasteiger charge is 2.48. The van der Waals surface area contributed by atoms with Crippen molar-refractivity contribution in [3.8, 4) is 0 Å². The van der Waals surface area contributed by atoms with Crippen LogP contribution in [0.3, 0.4) is 0 Å². The van der Waals surface area contributed by atoms with Gasteiger partial charge in [-0.15, -0.1) is 0 Å². The molecule has 332 valence electrons. The van der Waals surface area contributed by atoms with E-state index >= 15 is 0 Å². The van der Waals surface area contributed by atoms with Crippen molar-refractivity contribution in [3.05, 3.63) is 12.2 Å². The summed E-state index contributed by atoms with van der Waals surface area (Å²) in [4.78, 5) is 13.0. The van der Waals surface area contributed by atoms with Crippen molar-refractivity contribution in [2.75, 3.05) is 13.2 Å². The van der Waals surface area contributed by atoms with Crippen molar-refractivity contribution in [3.63, 3.8) is 0 Å². The van der Waals surface area contributed by atoms with Crippen molar-refractivity contribution < 1.29 is 51.8 Å². The van der Waals surface area contributed by atoms with Gasteiger partial charge in [0.2, 0.25) is 5.91 Å². The van der Waals surface area contributed by atoms with Gasteiger partial charge in [0.05, 0.1) is 25.4 Å². The lowest BCUT2D eigenvalue weighted by molar-refractivity contribution is -0.298. The first-order chi connectivity index (χ1) is 27.0. The van der Waals surface area contributed by atoms with Crippen LogP contribution in [0, 0.1) is 0 Å². The van der Waals surface area contributed by atoms with Crippen molar-refractivity contribution >= 4 is 16.3 Å². The molecule has 0 aromatic heterocycles. The van der Waals surface area contributed by atoms with Crippen LogP contribution in [0.15, 0.2) is 12.2 Å². The highest BCUT2D eigenvalue weighted by atomic mass is 32.3. The first kappa shape index (κ1) is 52.9. The number of hydrogen-bond donors (Lipinski definition) is 6. The molecular formula is C43H83NO11S. The maximum atomic E-state index is 13.0. The fourth-order valence-corrected chi connectivity index (χ4v) is 7.79. The quantitative estimate of drug-likeness (QED) is 0.0199. The second kappa shape index (κ2) is 34.7. The molecule has 0 radical (unpaired) electrons. The van der Waals surface area contributed by atoms with Gasteiger partial charge in [-0.3, -0.25) is 9.35 Å². The number of unbranched alkanes of at least 4 members (excludes halogenated alkanes) is 24. The summed E-state index contributed by atoms with van der Waals surface area (Å²) in [5, 5.41) is 44.8. The molecule has 0 spiro atoms. The zero-order chi connectivity index (χ0) is 41.3. The molecule has 1 amide bonds. The van der Waals surface area contributed by atoms with Gasteiger partial charge in [-0.05, 0) is 38.5 Å². The number of hydrogen-bond acceptors (Lipinski definition) is 10. The highest BCUT2D eigenvalue weighted by Crippen LogP contribution is 2.26. The average Bonchev–Trinajstić information content (AvgIpc) is 3.16. The summed E-state index contributed by atoms with van der Waals surface area (Å²) in [5.41, 5.74) is 0. The highest BCUT2D eigenvalue weighted by molar-refractivity contribution is 7.80. The summed E-state index contributed by atoms with van der Waals surface area (Å²) >= 11 is 0. The normalized spacial score (nSPS) is 21.4. The van der Waals surface area contributed by atoms with Gasteiger partial charge in [0.15, 0.2) is 6.29 Å². The first-order valence-electron chi connectivity index (χ1n) is 22.6. The molecule has 0 saturated carbocycles. The Bertz CT molecular complexity index is 1060. The number of nitrogens with one attached hydrogen (secondary N) is 1. The van der Waals surface area contributed by atoms with Crippen LogP contribution in [-0.4, -0.2) is 95.4 Å². The van der Waals surface area contributed by atoms with E-state index in [1.54, 1.807) is 0 Å². The third-order valence-corrected chi connectivity index (χ3v) is 11.3. The molecule has 1 aliphatic rings. The summed E-state index contributed by atoms with van der Waals surface area (Å²) in [6.45, 7) is 3.43. The van der Waals surface area contributed by atoms with E-state index in [9.17, 15) is 33.6 Å². The molecule has 1 saturated heterocycles. The second-order valence-electron chi connectivity index (χ2n) is 16.0. The van der Waals surface area contributed by atoms with Crippen LogP contribution in [-0.2, 0) is 28.9 Å². The van der Waals surface area contributed by atoms with E-state index in [1.807, 2.05) is 0 Å². The Morgan fingerprint density at radius 2 is 1.14 bits per heavy atom. The number of aliphatic hydroxyl groups is 4. The molecule has 0 aromatic rings. The van der Waals surface area contributed by atoms with E-state index in [2.05, 4.69) is 35.5 Å². The maximum absolute atomic E-state index is 13.0. The van der Waals surface area contributed by atoms with Gasteiger partial charge in [0, 0.05) is 6.42 Å². The minimum atomic E-state index is -5.07. The Morgan fingerprint density at radius 3 is 1.61 bits per heavy atom. The van der Waals surface area contributed by atoms with Crippen LogP contribution in [0.2, 0.25) is 0 Å². The molecule has 1 rings (SSSR count). The molecule has 1 fully saturated rings. The summed E-state index contributed by atoms with van der Waals surface area (Å²) in [7, 11) is -5.07. The molecule has 56 heavy (non-hydrogen) atoms. The smallest absolute Gasteiger partial charge is 0.394 e. The number of rotatable bonds is 38. The largest absolute Gasteiger partial charge is 0.397 e. The minimum absolute atomic E-state index is 0.235. The van der Waals surface area contributed by atoms with E-state index < -0.39 is 59.9 Å². The number of carbonyl (C=O) groups excluding carboxylic acids is 1. The number of amides is 1.